The van der Waals surface area contributed by atoms with Gasteiger partial charge in [0.25, 0.3) is 11.4 Å². The van der Waals surface area contributed by atoms with E-state index in [1.165, 1.54) is 42.5 Å². The summed E-state index contributed by atoms with van der Waals surface area (Å²) in [5.41, 5.74) is 0.289. The van der Waals surface area contributed by atoms with Crippen molar-refractivity contribution in [3.05, 3.63) is 74.3 Å². The molecule has 0 radical (unpaired) electrons. The SMILES string of the molecule is O=C(Cc1ccc([N+](=O)[O-])cc1)Oc1cccc([N+](=O)[O-])c1. The maximum absolute atomic E-state index is 11.8. The van der Waals surface area contributed by atoms with Crippen LogP contribution in [0.25, 0.3) is 0 Å². The van der Waals surface area contributed by atoms with Crippen LogP contribution >= 0.6 is 0 Å². The summed E-state index contributed by atoms with van der Waals surface area (Å²) >= 11 is 0. The highest BCUT2D eigenvalue weighted by Crippen LogP contribution is 2.20. The minimum Gasteiger partial charge on any atom is -0.426 e. The van der Waals surface area contributed by atoms with Crippen molar-refractivity contribution in [2.45, 2.75) is 6.42 Å². The molecule has 2 aromatic rings. The van der Waals surface area contributed by atoms with Gasteiger partial charge >= 0.3 is 5.97 Å². The number of esters is 1. The first-order valence-electron chi connectivity index (χ1n) is 6.14. The summed E-state index contributed by atoms with van der Waals surface area (Å²) in [5, 5.41) is 21.1. The molecule has 0 N–H and O–H groups in total. The van der Waals surface area contributed by atoms with Gasteiger partial charge in [-0.3, -0.25) is 25.0 Å². The topological polar surface area (TPSA) is 113 Å². The fraction of sp³-hybridized carbons (Fsp3) is 0.0714. The van der Waals surface area contributed by atoms with Gasteiger partial charge < -0.3 is 4.74 Å². The molecule has 0 aliphatic heterocycles. The number of non-ortho nitro benzene ring substituents is 2. The van der Waals surface area contributed by atoms with E-state index in [0.717, 1.165) is 6.07 Å². The van der Waals surface area contributed by atoms with E-state index in [2.05, 4.69) is 0 Å². The highest BCUT2D eigenvalue weighted by Gasteiger charge is 2.11. The van der Waals surface area contributed by atoms with Crippen LogP contribution in [0.4, 0.5) is 11.4 Å². The number of carbonyl (C=O) groups excluding carboxylic acids is 1. The van der Waals surface area contributed by atoms with Crippen molar-refractivity contribution in [3.8, 4) is 5.75 Å². The van der Waals surface area contributed by atoms with Crippen LogP contribution in [-0.4, -0.2) is 15.8 Å². The van der Waals surface area contributed by atoms with Crippen molar-refractivity contribution in [1.29, 1.82) is 0 Å². The van der Waals surface area contributed by atoms with Crippen LogP contribution in [0.1, 0.15) is 5.56 Å². The Bertz CT molecular complexity index is 726. The molecule has 112 valence electrons. The van der Waals surface area contributed by atoms with Gasteiger partial charge in [0.15, 0.2) is 0 Å². The zero-order chi connectivity index (χ0) is 16.1. The number of nitro groups is 2. The van der Waals surface area contributed by atoms with E-state index in [1.807, 2.05) is 0 Å². The molecule has 0 aromatic heterocycles. The fourth-order valence-electron chi connectivity index (χ4n) is 1.73. The third-order valence-corrected chi connectivity index (χ3v) is 2.76. The molecule has 0 bridgehead atoms. The van der Waals surface area contributed by atoms with Gasteiger partial charge in [0.1, 0.15) is 5.75 Å². The van der Waals surface area contributed by atoms with Gasteiger partial charge in [0.05, 0.1) is 22.3 Å². The Kier molecular flexibility index (Phi) is 4.42. The second-order valence-electron chi connectivity index (χ2n) is 4.33. The van der Waals surface area contributed by atoms with Gasteiger partial charge in [0.2, 0.25) is 0 Å². The first-order chi connectivity index (χ1) is 10.5. The molecule has 0 atom stereocenters. The van der Waals surface area contributed by atoms with Crippen molar-refractivity contribution >= 4 is 17.3 Å². The lowest BCUT2D eigenvalue weighted by Crippen LogP contribution is -2.11. The average molecular weight is 302 g/mol. The van der Waals surface area contributed by atoms with Crippen LogP contribution in [0, 0.1) is 20.2 Å². The van der Waals surface area contributed by atoms with Gasteiger partial charge in [-0.15, -0.1) is 0 Å². The summed E-state index contributed by atoms with van der Waals surface area (Å²) in [6.45, 7) is 0. The van der Waals surface area contributed by atoms with E-state index < -0.39 is 15.8 Å². The van der Waals surface area contributed by atoms with Crippen LogP contribution in [0.3, 0.4) is 0 Å². The highest BCUT2D eigenvalue weighted by atomic mass is 16.6. The third-order valence-electron chi connectivity index (χ3n) is 2.76. The van der Waals surface area contributed by atoms with Crippen LogP contribution in [0.2, 0.25) is 0 Å². The molecule has 8 heteroatoms. The van der Waals surface area contributed by atoms with Crippen molar-refractivity contribution in [2.75, 3.05) is 0 Å². The second kappa shape index (κ2) is 6.44. The van der Waals surface area contributed by atoms with E-state index in [4.69, 9.17) is 4.74 Å². The number of carbonyl (C=O) groups is 1. The zero-order valence-electron chi connectivity index (χ0n) is 11.2. The number of benzene rings is 2. The first-order valence-corrected chi connectivity index (χ1v) is 6.14. The molecule has 2 rings (SSSR count). The normalized spacial score (nSPS) is 10.0. The number of nitro benzene ring substituents is 2. The molecule has 0 spiro atoms. The minimum absolute atomic E-state index is 0.0705. The lowest BCUT2D eigenvalue weighted by Gasteiger charge is -2.04. The molecular formula is C14H10N2O6. The van der Waals surface area contributed by atoms with Crippen molar-refractivity contribution in [1.82, 2.24) is 0 Å². The number of ether oxygens (including phenoxy) is 1. The molecule has 0 aliphatic carbocycles. The monoisotopic (exact) mass is 302 g/mol. The molecule has 0 saturated heterocycles. The summed E-state index contributed by atoms with van der Waals surface area (Å²) in [6, 6.07) is 10.8. The smallest absolute Gasteiger partial charge is 0.315 e. The summed E-state index contributed by atoms with van der Waals surface area (Å²) in [6.07, 6.45) is -0.0965. The molecule has 22 heavy (non-hydrogen) atoms. The van der Waals surface area contributed by atoms with Crippen LogP contribution in [0.15, 0.2) is 48.5 Å². The summed E-state index contributed by atoms with van der Waals surface area (Å²) < 4.78 is 5.01. The van der Waals surface area contributed by atoms with Gasteiger partial charge in [0, 0.05) is 18.2 Å². The highest BCUT2D eigenvalue weighted by molar-refractivity contribution is 5.75. The number of rotatable bonds is 5. The third kappa shape index (κ3) is 3.85. The van der Waals surface area contributed by atoms with Gasteiger partial charge in [-0.1, -0.05) is 18.2 Å². The lowest BCUT2D eigenvalue weighted by atomic mass is 10.1. The van der Waals surface area contributed by atoms with E-state index in [-0.39, 0.29) is 23.5 Å². The van der Waals surface area contributed by atoms with E-state index in [9.17, 15) is 25.0 Å². The summed E-state index contributed by atoms with van der Waals surface area (Å²) in [4.78, 5) is 31.8. The molecular weight excluding hydrogens is 292 g/mol. The number of hydrogen-bond acceptors (Lipinski definition) is 6. The Morgan fingerprint density at radius 2 is 1.59 bits per heavy atom. The van der Waals surface area contributed by atoms with Gasteiger partial charge in [-0.05, 0) is 11.6 Å². The van der Waals surface area contributed by atoms with Crippen LogP contribution < -0.4 is 4.74 Å². The molecule has 0 amide bonds. The minimum atomic E-state index is -0.616. The quantitative estimate of drug-likeness (QED) is 0.363. The molecule has 8 nitrogen and oxygen atoms in total. The zero-order valence-corrected chi connectivity index (χ0v) is 11.2. The standard InChI is InChI=1S/C14H10N2O6/c17-14(8-10-4-6-11(7-5-10)15(18)19)22-13-3-1-2-12(9-13)16(20)21/h1-7,9H,8H2. The Balaban J connectivity index is 2.02. The first kappa shape index (κ1) is 15.1. The van der Waals surface area contributed by atoms with Crippen molar-refractivity contribution < 1.29 is 19.4 Å². The molecule has 0 saturated carbocycles. The van der Waals surface area contributed by atoms with Gasteiger partial charge in [-0.25, -0.2) is 0 Å². The predicted molar refractivity (Wildman–Crippen MR) is 75.5 cm³/mol. The van der Waals surface area contributed by atoms with Gasteiger partial charge in [-0.2, -0.15) is 0 Å². The van der Waals surface area contributed by atoms with E-state index >= 15 is 0 Å². The maximum atomic E-state index is 11.8. The van der Waals surface area contributed by atoms with Crippen LogP contribution in [-0.2, 0) is 11.2 Å². The Hall–Kier alpha value is -3.29. The van der Waals surface area contributed by atoms with E-state index in [1.54, 1.807) is 0 Å². The maximum Gasteiger partial charge on any atom is 0.315 e. The van der Waals surface area contributed by atoms with E-state index in [0.29, 0.717) is 5.56 Å². The predicted octanol–water partition coefficient (Wildman–Crippen LogP) is 2.65. The fourth-order valence-corrected chi connectivity index (χ4v) is 1.73. The second-order valence-corrected chi connectivity index (χ2v) is 4.33. The molecule has 0 fully saturated rings. The molecule has 0 aliphatic rings. The Labute approximate surface area is 124 Å². The number of nitrogens with zero attached hydrogens (tertiary/aromatic N) is 2. The van der Waals surface area contributed by atoms with Crippen LogP contribution in [0.5, 0.6) is 5.75 Å². The van der Waals surface area contributed by atoms with Crippen molar-refractivity contribution in [2.24, 2.45) is 0 Å². The lowest BCUT2D eigenvalue weighted by molar-refractivity contribution is -0.385. The largest absolute Gasteiger partial charge is 0.426 e. The Morgan fingerprint density at radius 3 is 2.18 bits per heavy atom. The molecule has 0 unspecified atom stereocenters. The Morgan fingerprint density at radius 1 is 0.955 bits per heavy atom. The average Bonchev–Trinajstić information content (AvgIpc) is 2.47. The summed E-state index contributed by atoms with van der Waals surface area (Å²) in [5.74, 6) is -0.546. The number of hydrogen-bond donors (Lipinski definition) is 0. The molecule has 0 heterocycles. The van der Waals surface area contributed by atoms with Crippen molar-refractivity contribution in [3.63, 3.8) is 0 Å². The summed E-state index contributed by atoms with van der Waals surface area (Å²) in [7, 11) is 0. The molecule has 2 aromatic carbocycles.